The first kappa shape index (κ1) is 18.8. The Bertz CT molecular complexity index is 382. The molecule has 2 atom stereocenters. The van der Waals surface area contributed by atoms with E-state index in [1.54, 1.807) is 0 Å². The summed E-state index contributed by atoms with van der Waals surface area (Å²) in [5.41, 5.74) is -0.429. The molecular weight excluding hydrogens is 276 g/mol. The fraction of sp³-hybridized carbons (Fsp3) is 0.833. The number of ether oxygens (including phenoxy) is 1. The summed E-state index contributed by atoms with van der Waals surface area (Å²) in [6, 6.07) is 0.445. The van der Waals surface area contributed by atoms with Gasteiger partial charge in [0.1, 0.15) is 5.60 Å². The molecule has 1 rings (SSSR count). The van der Waals surface area contributed by atoms with Crippen molar-refractivity contribution in [3.63, 3.8) is 0 Å². The van der Waals surface area contributed by atoms with Crippen LogP contribution in [0.2, 0.25) is 0 Å². The van der Waals surface area contributed by atoms with Crippen LogP contribution < -0.4 is 5.32 Å². The van der Waals surface area contributed by atoms with Gasteiger partial charge in [0.25, 0.3) is 0 Å². The molecule has 4 nitrogen and oxygen atoms in total. The van der Waals surface area contributed by atoms with Crippen molar-refractivity contribution in [3.05, 3.63) is 0 Å². The maximum Gasteiger partial charge on any atom is 0.410 e. The Morgan fingerprint density at radius 1 is 1.50 bits per heavy atom. The molecule has 22 heavy (non-hydrogen) atoms. The van der Waals surface area contributed by atoms with E-state index in [1.165, 1.54) is 0 Å². The third-order valence-electron chi connectivity index (χ3n) is 3.94. The lowest BCUT2D eigenvalue weighted by Crippen LogP contribution is -2.40. The Kier molecular flexibility index (Phi) is 7.75. The maximum atomic E-state index is 12.2. The van der Waals surface area contributed by atoms with Gasteiger partial charge >= 0.3 is 6.09 Å². The predicted molar refractivity (Wildman–Crippen MR) is 90.7 cm³/mol. The lowest BCUT2D eigenvalue weighted by Gasteiger charge is -2.27. The van der Waals surface area contributed by atoms with Crippen molar-refractivity contribution in [2.75, 3.05) is 19.6 Å². The normalized spacial score (nSPS) is 19.8. The van der Waals surface area contributed by atoms with Gasteiger partial charge in [-0.3, -0.25) is 0 Å². The Morgan fingerprint density at radius 3 is 2.82 bits per heavy atom. The van der Waals surface area contributed by atoms with E-state index in [4.69, 9.17) is 11.2 Å². The summed E-state index contributed by atoms with van der Waals surface area (Å²) in [6.07, 6.45) is 10.3. The zero-order chi connectivity index (χ0) is 16.6. The monoisotopic (exact) mass is 308 g/mol. The number of carbonyl (C=O) groups excluding carboxylic acids is 1. The van der Waals surface area contributed by atoms with Crippen LogP contribution in [0.5, 0.6) is 0 Å². The van der Waals surface area contributed by atoms with Crippen LogP contribution in [-0.2, 0) is 4.74 Å². The number of hydrogen-bond acceptors (Lipinski definition) is 3. The lowest BCUT2D eigenvalue weighted by atomic mass is 9.94. The lowest BCUT2D eigenvalue weighted by molar-refractivity contribution is 0.0285. The molecule has 0 aliphatic carbocycles. The van der Waals surface area contributed by atoms with Gasteiger partial charge in [0.15, 0.2) is 0 Å². The van der Waals surface area contributed by atoms with Crippen LogP contribution in [0, 0.1) is 18.3 Å². The van der Waals surface area contributed by atoms with E-state index in [1.807, 2.05) is 25.7 Å². The average Bonchev–Trinajstić information content (AvgIpc) is 2.90. The fourth-order valence-electron chi connectivity index (χ4n) is 2.87. The minimum absolute atomic E-state index is 0.187. The van der Waals surface area contributed by atoms with E-state index < -0.39 is 5.60 Å². The molecule has 0 aromatic rings. The van der Waals surface area contributed by atoms with Crippen molar-refractivity contribution < 1.29 is 9.53 Å². The van der Waals surface area contributed by atoms with E-state index in [9.17, 15) is 4.79 Å². The van der Waals surface area contributed by atoms with E-state index >= 15 is 0 Å². The fourth-order valence-corrected chi connectivity index (χ4v) is 2.87. The number of unbranched alkanes of at least 4 members (excludes halogenated alkanes) is 1. The van der Waals surface area contributed by atoms with Crippen LogP contribution in [0.1, 0.15) is 59.8 Å². The largest absolute Gasteiger partial charge is 0.444 e. The van der Waals surface area contributed by atoms with Gasteiger partial charge in [-0.1, -0.05) is 6.92 Å². The summed E-state index contributed by atoms with van der Waals surface area (Å²) in [7, 11) is 0. The molecule has 1 saturated heterocycles. The third kappa shape index (κ3) is 6.70. The Morgan fingerprint density at radius 2 is 2.23 bits per heavy atom. The standard InChI is InChI=1S/C18H32N2O2/c1-6-8-9-10-16(19-12-7-2)15-11-13-20(14-15)17(21)22-18(3,4)5/h1,15-16,19H,7-14H2,2-5H3. The predicted octanol–water partition coefficient (Wildman–Crippen LogP) is 3.42. The summed E-state index contributed by atoms with van der Waals surface area (Å²) < 4.78 is 5.47. The van der Waals surface area contributed by atoms with Crippen LogP contribution >= 0.6 is 0 Å². The third-order valence-corrected chi connectivity index (χ3v) is 3.94. The number of terminal acetylenes is 1. The van der Waals surface area contributed by atoms with Gasteiger partial charge in [0.2, 0.25) is 0 Å². The van der Waals surface area contributed by atoms with E-state index in [0.717, 1.165) is 51.7 Å². The Hall–Kier alpha value is -1.21. The second-order valence-electron chi connectivity index (χ2n) is 7.13. The number of carbonyl (C=O) groups is 1. The molecule has 1 heterocycles. The number of rotatable bonds is 7. The molecule has 0 saturated carbocycles. The molecule has 1 aliphatic heterocycles. The van der Waals surface area contributed by atoms with Crippen molar-refractivity contribution in [2.45, 2.75) is 71.4 Å². The van der Waals surface area contributed by atoms with E-state index in [0.29, 0.717) is 12.0 Å². The Labute approximate surface area is 136 Å². The molecule has 1 N–H and O–H groups in total. The van der Waals surface area contributed by atoms with Crippen LogP contribution in [0.4, 0.5) is 4.79 Å². The number of nitrogens with one attached hydrogen (secondary N) is 1. The maximum absolute atomic E-state index is 12.2. The van der Waals surface area contributed by atoms with Crippen LogP contribution in [0.3, 0.4) is 0 Å². The molecule has 1 amide bonds. The molecule has 2 unspecified atom stereocenters. The number of likely N-dealkylation sites (tertiary alicyclic amines) is 1. The molecule has 0 aromatic heterocycles. The molecule has 0 bridgehead atoms. The summed E-state index contributed by atoms with van der Waals surface area (Å²) in [5, 5.41) is 3.63. The SMILES string of the molecule is C#CCCCC(NCCC)C1CCN(C(=O)OC(C)(C)C)C1. The van der Waals surface area contributed by atoms with Gasteiger partial charge in [-0.05, 0) is 58.9 Å². The highest BCUT2D eigenvalue weighted by Gasteiger charge is 2.33. The van der Waals surface area contributed by atoms with Crippen LogP contribution in [-0.4, -0.2) is 42.3 Å². The molecule has 1 fully saturated rings. The summed E-state index contributed by atoms with van der Waals surface area (Å²) in [4.78, 5) is 14.0. The van der Waals surface area contributed by atoms with Gasteiger partial charge in [-0.25, -0.2) is 4.79 Å². The average molecular weight is 308 g/mol. The van der Waals surface area contributed by atoms with Gasteiger partial charge in [-0.15, -0.1) is 12.3 Å². The summed E-state index contributed by atoms with van der Waals surface area (Å²) in [5.74, 6) is 3.21. The van der Waals surface area contributed by atoms with Crippen LogP contribution in [0.25, 0.3) is 0 Å². The van der Waals surface area contributed by atoms with E-state index in [2.05, 4.69) is 18.2 Å². The summed E-state index contributed by atoms with van der Waals surface area (Å²) >= 11 is 0. The quantitative estimate of drug-likeness (QED) is 0.579. The molecule has 1 aliphatic rings. The van der Waals surface area contributed by atoms with Gasteiger partial charge in [0, 0.05) is 25.6 Å². The Balaban J connectivity index is 2.51. The second-order valence-corrected chi connectivity index (χ2v) is 7.13. The van der Waals surface area contributed by atoms with Crippen molar-refractivity contribution in [1.82, 2.24) is 10.2 Å². The van der Waals surface area contributed by atoms with Gasteiger partial charge < -0.3 is 15.0 Å². The minimum atomic E-state index is -0.429. The molecule has 4 heteroatoms. The highest BCUT2D eigenvalue weighted by molar-refractivity contribution is 5.68. The van der Waals surface area contributed by atoms with Crippen molar-refractivity contribution in [2.24, 2.45) is 5.92 Å². The van der Waals surface area contributed by atoms with Crippen molar-refractivity contribution in [1.29, 1.82) is 0 Å². The van der Waals surface area contributed by atoms with Crippen LogP contribution in [0.15, 0.2) is 0 Å². The molecule has 126 valence electrons. The minimum Gasteiger partial charge on any atom is -0.444 e. The van der Waals surface area contributed by atoms with Gasteiger partial charge in [0.05, 0.1) is 0 Å². The highest BCUT2D eigenvalue weighted by Crippen LogP contribution is 2.24. The zero-order valence-electron chi connectivity index (χ0n) is 14.7. The second kappa shape index (κ2) is 9.05. The number of nitrogens with zero attached hydrogens (tertiary/aromatic N) is 1. The van der Waals surface area contributed by atoms with Gasteiger partial charge in [-0.2, -0.15) is 0 Å². The summed E-state index contributed by atoms with van der Waals surface area (Å²) in [6.45, 7) is 10.5. The van der Waals surface area contributed by atoms with Crippen molar-refractivity contribution in [3.8, 4) is 12.3 Å². The topological polar surface area (TPSA) is 41.6 Å². The number of hydrogen-bond donors (Lipinski definition) is 1. The molecular formula is C18H32N2O2. The highest BCUT2D eigenvalue weighted by atomic mass is 16.6. The first-order valence-corrected chi connectivity index (χ1v) is 8.52. The smallest absolute Gasteiger partial charge is 0.410 e. The zero-order valence-corrected chi connectivity index (χ0v) is 14.7. The number of amides is 1. The first-order chi connectivity index (χ1) is 10.4. The van der Waals surface area contributed by atoms with E-state index in [-0.39, 0.29) is 6.09 Å². The van der Waals surface area contributed by atoms with Crippen molar-refractivity contribution >= 4 is 6.09 Å². The first-order valence-electron chi connectivity index (χ1n) is 8.52. The molecule has 0 aromatic carbocycles. The molecule has 0 spiro atoms. The molecule has 0 radical (unpaired) electrons.